The number of benzene rings is 2. The summed E-state index contributed by atoms with van der Waals surface area (Å²) < 4.78 is 18.2. The molecule has 0 spiro atoms. The Kier molecular flexibility index (Phi) is 7.01. The zero-order chi connectivity index (χ0) is 18.5. The van der Waals surface area contributed by atoms with Crippen LogP contribution in [0.3, 0.4) is 0 Å². The topological polar surface area (TPSA) is 75.9 Å². The van der Waals surface area contributed by atoms with Gasteiger partial charge in [-0.25, -0.2) is 4.39 Å². The van der Waals surface area contributed by atoms with E-state index in [9.17, 15) is 14.0 Å². The van der Waals surface area contributed by atoms with Gasteiger partial charge >= 0.3 is 0 Å². The first kappa shape index (κ1) is 20.5. The van der Waals surface area contributed by atoms with Crippen LogP contribution in [0.5, 0.6) is 5.75 Å². The summed E-state index contributed by atoms with van der Waals surface area (Å²) in [6, 6.07) is 12.5. The van der Waals surface area contributed by atoms with E-state index in [1.165, 1.54) is 24.3 Å². The Balaban J connectivity index is 0.00000261. The van der Waals surface area contributed by atoms with E-state index in [0.717, 1.165) is 0 Å². The molecular weight excluding hydrogens is 373 g/mol. The van der Waals surface area contributed by atoms with Crippen LogP contribution in [-0.4, -0.2) is 54.4 Å². The van der Waals surface area contributed by atoms with E-state index in [4.69, 9.17) is 10.5 Å². The molecule has 2 aromatic carbocycles. The fourth-order valence-electron chi connectivity index (χ4n) is 2.79. The molecule has 1 fully saturated rings. The molecule has 2 aromatic rings. The standard InChI is InChI=1S/C19H20FN3O3.ClH/c20-14-5-7-15(8-6-14)26-13-18(24)22-9-11-23(12-10-22)19(25)16-3-1-2-4-17(16)21;/h1-8H,9-13,21H2;1H. The van der Waals surface area contributed by atoms with Gasteiger partial charge in [-0.2, -0.15) is 0 Å². The van der Waals surface area contributed by atoms with Crippen LogP contribution in [0.1, 0.15) is 10.4 Å². The molecule has 8 heteroatoms. The van der Waals surface area contributed by atoms with Crippen molar-refractivity contribution in [3.8, 4) is 5.75 Å². The number of rotatable bonds is 4. The lowest BCUT2D eigenvalue weighted by atomic mass is 10.1. The first-order valence-corrected chi connectivity index (χ1v) is 8.34. The van der Waals surface area contributed by atoms with Crippen molar-refractivity contribution in [1.29, 1.82) is 0 Å². The van der Waals surface area contributed by atoms with Crippen molar-refractivity contribution >= 4 is 29.9 Å². The predicted molar refractivity (Wildman–Crippen MR) is 102 cm³/mol. The van der Waals surface area contributed by atoms with Crippen LogP contribution < -0.4 is 10.5 Å². The molecule has 0 bridgehead atoms. The minimum atomic E-state index is -0.358. The van der Waals surface area contributed by atoms with Gasteiger partial charge < -0.3 is 20.3 Å². The number of hydrogen-bond acceptors (Lipinski definition) is 4. The summed E-state index contributed by atoms with van der Waals surface area (Å²) in [7, 11) is 0. The van der Waals surface area contributed by atoms with Crippen molar-refractivity contribution in [3.63, 3.8) is 0 Å². The van der Waals surface area contributed by atoms with E-state index < -0.39 is 0 Å². The Morgan fingerprint density at radius 3 is 2.19 bits per heavy atom. The van der Waals surface area contributed by atoms with E-state index >= 15 is 0 Å². The van der Waals surface area contributed by atoms with Crippen molar-refractivity contribution in [3.05, 3.63) is 59.9 Å². The summed E-state index contributed by atoms with van der Waals surface area (Å²) in [6.45, 7) is 1.63. The molecule has 0 radical (unpaired) electrons. The monoisotopic (exact) mass is 393 g/mol. The maximum atomic E-state index is 12.9. The maximum absolute atomic E-state index is 12.9. The number of anilines is 1. The Bertz CT molecular complexity index is 793. The molecule has 1 aliphatic rings. The highest BCUT2D eigenvalue weighted by Crippen LogP contribution is 2.15. The highest BCUT2D eigenvalue weighted by molar-refractivity contribution is 5.99. The number of amides is 2. The van der Waals surface area contributed by atoms with Gasteiger partial charge in [0.25, 0.3) is 11.8 Å². The van der Waals surface area contributed by atoms with Gasteiger partial charge in [-0.15, -0.1) is 12.4 Å². The normalized spacial score (nSPS) is 13.7. The van der Waals surface area contributed by atoms with E-state index in [0.29, 0.717) is 43.2 Å². The first-order valence-electron chi connectivity index (χ1n) is 8.34. The molecule has 2 N–H and O–H groups in total. The van der Waals surface area contributed by atoms with Gasteiger partial charge in [0.1, 0.15) is 11.6 Å². The zero-order valence-corrected chi connectivity index (χ0v) is 15.5. The van der Waals surface area contributed by atoms with Crippen molar-refractivity contribution in [2.75, 3.05) is 38.5 Å². The zero-order valence-electron chi connectivity index (χ0n) is 14.6. The molecule has 0 atom stereocenters. The van der Waals surface area contributed by atoms with Gasteiger partial charge in [-0.05, 0) is 36.4 Å². The van der Waals surface area contributed by atoms with Gasteiger partial charge in [0.2, 0.25) is 0 Å². The summed E-state index contributed by atoms with van der Waals surface area (Å²) in [4.78, 5) is 28.1. The molecule has 0 aromatic heterocycles. The lowest BCUT2D eigenvalue weighted by Crippen LogP contribution is -2.51. The van der Waals surface area contributed by atoms with Crippen molar-refractivity contribution in [2.24, 2.45) is 0 Å². The van der Waals surface area contributed by atoms with Crippen LogP contribution in [0.4, 0.5) is 10.1 Å². The molecule has 1 heterocycles. The second kappa shape index (κ2) is 9.23. The van der Waals surface area contributed by atoms with Crippen LogP contribution >= 0.6 is 12.4 Å². The quantitative estimate of drug-likeness (QED) is 0.808. The summed E-state index contributed by atoms with van der Waals surface area (Å²) in [5.74, 6) is -0.213. The molecule has 144 valence electrons. The number of nitrogen functional groups attached to an aromatic ring is 1. The third kappa shape index (κ3) is 5.10. The van der Waals surface area contributed by atoms with Crippen LogP contribution in [-0.2, 0) is 4.79 Å². The molecule has 6 nitrogen and oxygen atoms in total. The smallest absolute Gasteiger partial charge is 0.260 e. The summed E-state index contributed by atoms with van der Waals surface area (Å²) in [5.41, 5.74) is 6.78. The lowest BCUT2D eigenvalue weighted by molar-refractivity contribution is -0.134. The van der Waals surface area contributed by atoms with Gasteiger partial charge in [0, 0.05) is 31.9 Å². The van der Waals surface area contributed by atoms with E-state index in [2.05, 4.69) is 0 Å². The molecule has 0 unspecified atom stereocenters. The fourth-order valence-corrected chi connectivity index (χ4v) is 2.79. The minimum Gasteiger partial charge on any atom is -0.484 e. The minimum absolute atomic E-state index is 0. The lowest BCUT2D eigenvalue weighted by Gasteiger charge is -2.34. The first-order chi connectivity index (χ1) is 12.5. The summed E-state index contributed by atoms with van der Waals surface area (Å²) in [6.07, 6.45) is 0. The van der Waals surface area contributed by atoms with Crippen LogP contribution in [0.2, 0.25) is 0 Å². The number of nitrogens with two attached hydrogens (primary N) is 1. The summed E-state index contributed by atoms with van der Waals surface area (Å²) >= 11 is 0. The maximum Gasteiger partial charge on any atom is 0.260 e. The molecule has 2 amide bonds. The number of halogens is 2. The number of hydrogen-bond donors (Lipinski definition) is 1. The van der Waals surface area contributed by atoms with Crippen molar-refractivity contribution in [1.82, 2.24) is 9.80 Å². The SMILES string of the molecule is Cl.Nc1ccccc1C(=O)N1CCN(C(=O)COc2ccc(F)cc2)CC1. The predicted octanol–water partition coefficient (Wildman–Crippen LogP) is 2.19. The van der Waals surface area contributed by atoms with Gasteiger partial charge in [-0.1, -0.05) is 12.1 Å². The number of carbonyl (C=O) groups excluding carboxylic acids is 2. The number of nitrogens with zero attached hydrogens (tertiary/aromatic N) is 2. The van der Waals surface area contributed by atoms with E-state index in [1.54, 1.807) is 34.1 Å². The van der Waals surface area contributed by atoms with Crippen molar-refractivity contribution in [2.45, 2.75) is 0 Å². The molecular formula is C19H21ClFN3O3. The Labute approximate surface area is 163 Å². The Hall–Kier alpha value is -2.80. The van der Waals surface area contributed by atoms with Crippen LogP contribution in [0.15, 0.2) is 48.5 Å². The Morgan fingerprint density at radius 2 is 1.56 bits per heavy atom. The highest BCUT2D eigenvalue weighted by atomic mass is 35.5. The van der Waals surface area contributed by atoms with Crippen molar-refractivity contribution < 1.29 is 18.7 Å². The number of para-hydroxylation sites is 1. The number of piperazine rings is 1. The van der Waals surface area contributed by atoms with Gasteiger partial charge in [0.15, 0.2) is 6.61 Å². The molecule has 27 heavy (non-hydrogen) atoms. The Morgan fingerprint density at radius 1 is 0.963 bits per heavy atom. The summed E-state index contributed by atoms with van der Waals surface area (Å²) in [5, 5.41) is 0. The molecule has 0 saturated carbocycles. The third-order valence-electron chi connectivity index (χ3n) is 4.29. The second-order valence-electron chi connectivity index (χ2n) is 6.00. The molecule has 1 aliphatic heterocycles. The number of ether oxygens (including phenoxy) is 1. The largest absolute Gasteiger partial charge is 0.484 e. The highest BCUT2D eigenvalue weighted by Gasteiger charge is 2.25. The fraction of sp³-hybridized carbons (Fsp3) is 0.263. The van der Waals surface area contributed by atoms with E-state index in [-0.39, 0.29) is 36.6 Å². The molecule has 3 rings (SSSR count). The number of carbonyl (C=O) groups is 2. The van der Waals surface area contributed by atoms with E-state index in [1.807, 2.05) is 0 Å². The average molecular weight is 394 g/mol. The average Bonchev–Trinajstić information content (AvgIpc) is 2.67. The van der Waals surface area contributed by atoms with Gasteiger partial charge in [-0.3, -0.25) is 9.59 Å². The van der Waals surface area contributed by atoms with Gasteiger partial charge in [0.05, 0.1) is 5.56 Å². The second-order valence-corrected chi connectivity index (χ2v) is 6.00. The van der Waals surface area contributed by atoms with Crippen LogP contribution in [0.25, 0.3) is 0 Å². The molecule has 1 saturated heterocycles. The molecule has 0 aliphatic carbocycles. The third-order valence-corrected chi connectivity index (χ3v) is 4.29. The van der Waals surface area contributed by atoms with Crippen LogP contribution in [0, 0.1) is 5.82 Å².